The van der Waals surface area contributed by atoms with Crippen molar-refractivity contribution in [1.29, 1.82) is 0 Å². The van der Waals surface area contributed by atoms with E-state index in [0.717, 1.165) is 10.9 Å². The Bertz CT molecular complexity index is 636. The molecule has 3 rings (SSSR count). The van der Waals surface area contributed by atoms with Gasteiger partial charge in [0.15, 0.2) is 0 Å². The molecule has 0 N–H and O–H groups in total. The molecule has 0 aromatic carbocycles. The van der Waals surface area contributed by atoms with Crippen LogP contribution in [0.2, 0.25) is 0 Å². The fourth-order valence-corrected chi connectivity index (χ4v) is 2.46. The van der Waals surface area contributed by atoms with Gasteiger partial charge in [0.05, 0.1) is 16.6 Å². The van der Waals surface area contributed by atoms with E-state index in [4.69, 9.17) is 0 Å². The van der Waals surface area contributed by atoms with Gasteiger partial charge in [0, 0.05) is 31.0 Å². The Balaban J connectivity index is 2.70. The number of fused-ring (bicyclic) bond motifs is 3. The minimum atomic E-state index is 1.05. The predicted molar refractivity (Wildman–Crippen MR) is 65.5 cm³/mol. The third kappa shape index (κ3) is 1.03. The number of aromatic nitrogens is 3. The highest BCUT2D eigenvalue weighted by Gasteiger charge is 2.12. The van der Waals surface area contributed by atoms with Gasteiger partial charge in [-0.25, -0.2) is 0 Å². The van der Waals surface area contributed by atoms with Gasteiger partial charge < -0.3 is 4.57 Å². The lowest BCUT2D eigenvalue weighted by molar-refractivity contribution is 0.998. The molecule has 80 valence electrons. The molecule has 0 aliphatic carbocycles. The highest BCUT2D eigenvalue weighted by molar-refractivity contribution is 6.07. The van der Waals surface area contributed by atoms with Gasteiger partial charge in [-0.2, -0.15) is 0 Å². The van der Waals surface area contributed by atoms with Gasteiger partial charge in [0.25, 0.3) is 0 Å². The summed E-state index contributed by atoms with van der Waals surface area (Å²) >= 11 is 0. The summed E-state index contributed by atoms with van der Waals surface area (Å²) in [5.74, 6) is 0. The van der Waals surface area contributed by atoms with Crippen LogP contribution in [-0.2, 0) is 7.05 Å². The maximum absolute atomic E-state index is 4.47. The lowest BCUT2D eigenvalue weighted by atomic mass is 10.2. The molecule has 0 aliphatic rings. The first-order valence-corrected chi connectivity index (χ1v) is 5.34. The monoisotopic (exact) mass is 211 g/mol. The van der Waals surface area contributed by atoms with Gasteiger partial charge in [-0.05, 0) is 31.0 Å². The molecular weight excluding hydrogens is 198 g/mol. The number of rotatable bonds is 0. The molecule has 0 fully saturated rings. The van der Waals surface area contributed by atoms with E-state index in [1.54, 1.807) is 0 Å². The van der Waals surface area contributed by atoms with Crippen molar-refractivity contribution >= 4 is 21.9 Å². The van der Waals surface area contributed by atoms with Crippen molar-refractivity contribution in [2.24, 2.45) is 7.05 Å². The zero-order chi connectivity index (χ0) is 11.3. The Kier molecular flexibility index (Phi) is 1.78. The molecule has 0 saturated carbocycles. The maximum Gasteiger partial charge on any atom is 0.0978 e. The quantitative estimate of drug-likeness (QED) is 0.572. The molecule has 0 unspecified atom stereocenters. The first-order chi connectivity index (χ1) is 7.70. The van der Waals surface area contributed by atoms with Crippen LogP contribution in [0.1, 0.15) is 11.1 Å². The van der Waals surface area contributed by atoms with Crippen LogP contribution in [0.5, 0.6) is 0 Å². The zero-order valence-electron chi connectivity index (χ0n) is 9.65. The second kappa shape index (κ2) is 3.04. The molecule has 0 bridgehead atoms. The number of hydrogen-bond acceptors (Lipinski definition) is 2. The zero-order valence-corrected chi connectivity index (χ0v) is 9.65. The van der Waals surface area contributed by atoms with Crippen LogP contribution in [0.25, 0.3) is 21.9 Å². The molecule has 3 nitrogen and oxygen atoms in total. The van der Waals surface area contributed by atoms with Crippen molar-refractivity contribution in [3.8, 4) is 0 Å². The fraction of sp³-hybridized carbons (Fsp3) is 0.231. The number of aryl methyl sites for hydroxylation is 3. The maximum atomic E-state index is 4.47. The SMILES string of the molecule is Cc1cncc2c3nccc(C)c3n(C)c12. The van der Waals surface area contributed by atoms with Crippen LogP contribution in [0.15, 0.2) is 24.7 Å². The van der Waals surface area contributed by atoms with Crippen LogP contribution in [0, 0.1) is 13.8 Å². The van der Waals surface area contributed by atoms with E-state index in [-0.39, 0.29) is 0 Å². The minimum absolute atomic E-state index is 1.05. The summed E-state index contributed by atoms with van der Waals surface area (Å²) in [4.78, 5) is 8.72. The van der Waals surface area contributed by atoms with E-state index in [2.05, 4.69) is 35.4 Å². The van der Waals surface area contributed by atoms with E-state index in [1.807, 2.05) is 24.7 Å². The average molecular weight is 211 g/mol. The average Bonchev–Trinajstić information content (AvgIpc) is 2.56. The van der Waals surface area contributed by atoms with Crippen molar-refractivity contribution in [3.63, 3.8) is 0 Å². The van der Waals surface area contributed by atoms with Gasteiger partial charge in [-0.3, -0.25) is 9.97 Å². The van der Waals surface area contributed by atoms with Gasteiger partial charge in [-0.15, -0.1) is 0 Å². The molecule has 3 aromatic heterocycles. The van der Waals surface area contributed by atoms with Crippen molar-refractivity contribution < 1.29 is 0 Å². The summed E-state index contributed by atoms with van der Waals surface area (Å²) in [5.41, 5.74) is 5.93. The third-order valence-electron chi connectivity index (χ3n) is 3.15. The highest BCUT2D eigenvalue weighted by atomic mass is 15.0. The molecule has 3 heteroatoms. The molecule has 0 amide bonds. The summed E-state index contributed by atoms with van der Waals surface area (Å²) in [6.07, 6.45) is 5.66. The Morgan fingerprint density at radius 1 is 1.06 bits per heavy atom. The van der Waals surface area contributed by atoms with E-state index in [9.17, 15) is 0 Å². The Hall–Kier alpha value is -1.90. The normalized spacial score (nSPS) is 11.4. The van der Waals surface area contributed by atoms with Gasteiger partial charge in [0.1, 0.15) is 0 Å². The van der Waals surface area contributed by atoms with Crippen LogP contribution < -0.4 is 0 Å². The van der Waals surface area contributed by atoms with E-state index < -0.39 is 0 Å². The summed E-state index contributed by atoms with van der Waals surface area (Å²) in [7, 11) is 2.09. The first kappa shape index (κ1) is 9.33. The Labute approximate surface area is 93.7 Å². The fourth-order valence-electron chi connectivity index (χ4n) is 2.46. The van der Waals surface area contributed by atoms with Crippen molar-refractivity contribution in [3.05, 3.63) is 35.8 Å². The Morgan fingerprint density at radius 3 is 2.69 bits per heavy atom. The lowest BCUT2D eigenvalue weighted by Gasteiger charge is -2.01. The highest BCUT2D eigenvalue weighted by Crippen LogP contribution is 2.29. The van der Waals surface area contributed by atoms with Crippen molar-refractivity contribution in [2.45, 2.75) is 13.8 Å². The topological polar surface area (TPSA) is 30.7 Å². The molecule has 0 saturated heterocycles. The molecule has 3 heterocycles. The predicted octanol–water partition coefficient (Wildman–Crippen LogP) is 2.74. The Morgan fingerprint density at radius 2 is 1.88 bits per heavy atom. The number of pyridine rings is 2. The van der Waals surface area contributed by atoms with E-state index in [0.29, 0.717) is 0 Å². The van der Waals surface area contributed by atoms with Crippen molar-refractivity contribution in [2.75, 3.05) is 0 Å². The molecule has 3 aromatic rings. The third-order valence-corrected chi connectivity index (χ3v) is 3.15. The first-order valence-electron chi connectivity index (χ1n) is 5.34. The standard InChI is InChI=1S/C13H13N3/c1-8-4-5-15-11-10-7-14-6-9(2)12(10)16(3)13(8)11/h4-7H,1-3H3. The van der Waals surface area contributed by atoms with Gasteiger partial charge in [-0.1, -0.05) is 0 Å². The van der Waals surface area contributed by atoms with Crippen LogP contribution >= 0.6 is 0 Å². The van der Waals surface area contributed by atoms with E-state index in [1.165, 1.54) is 22.2 Å². The second-order valence-electron chi connectivity index (χ2n) is 4.24. The van der Waals surface area contributed by atoms with Crippen molar-refractivity contribution in [1.82, 2.24) is 14.5 Å². The number of nitrogens with zero attached hydrogens (tertiary/aromatic N) is 3. The molecule has 16 heavy (non-hydrogen) atoms. The molecule has 0 spiro atoms. The number of hydrogen-bond donors (Lipinski definition) is 0. The van der Waals surface area contributed by atoms with E-state index >= 15 is 0 Å². The smallest absolute Gasteiger partial charge is 0.0978 e. The summed E-state index contributed by atoms with van der Waals surface area (Å²) in [6.45, 7) is 4.20. The molecule has 0 radical (unpaired) electrons. The van der Waals surface area contributed by atoms with Gasteiger partial charge >= 0.3 is 0 Å². The second-order valence-corrected chi connectivity index (χ2v) is 4.24. The van der Waals surface area contributed by atoms with Crippen LogP contribution in [0.4, 0.5) is 0 Å². The molecule has 0 atom stereocenters. The lowest BCUT2D eigenvalue weighted by Crippen LogP contribution is -1.91. The molecular formula is C13H13N3. The largest absolute Gasteiger partial charge is 0.342 e. The molecule has 0 aliphatic heterocycles. The van der Waals surface area contributed by atoms with Crippen LogP contribution in [-0.4, -0.2) is 14.5 Å². The van der Waals surface area contributed by atoms with Crippen LogP contribution in [0.3, 0.4) is 0 Å². The summed E-state index contributed by atoms with van der Waals surface area (Å²) in [6, 6.07) is 2.05. The summed E-state index contributed by atoms with van der Waals surface area (Å²) < 4.78 is 2.21. The summed E-state index contributed by atoms with van der Waals surface area (Å²) in [5, 5.41) is 1.14. The van der Waals surface area contributed by atoms with Gasteiger partial charge in [0.2, 0.25) is 0 Å². The minimum Gasteiger partial charge on any atom is -0.342 e.